The minimum atomic E-state index is -5.69. The largest absolute Gasteiger partial charge is 0.472 e. The number of hydrogen-bond donors (Lipinski definition) is 11. The van der Waals surface area contributed by atoms with Crippen LogP contribution in [0.4, 0.5) is 0 Å². The van der Waals surface area contributed by atoms with Crippen molar-refractivity contribution in [3.63, 3.8) is 0 Å². The molecule has 0 radical (unpaired) electrons. The first-order valence-electron chi connectivity index (χ1n) is 36.7. The van der Waals surface area contributed by atoms with Gasteiger partial charge >= 0.3 is 25.7 Å². The van der Waals surface area contributed by atoms with Crippen molar-refractivity contribution >= 4 is 25.7 Å². The molecule has 0 aromatic carbocycles. The molecule has 94 heavy (non-hydrogen) atoms. The standard InChI is InChI=1S/C69H129O24P/c1-5-8-11-14-17-19-21-23-24-26-32-37-42-53(71)85-46-50(88-55(73)44-39-34-27-25-22-20-18-15-12-9-6-2)47-87-94(83,84)93-67-65(91-68-63(81)58(76)56(74)51(45-70)89-68)61(79)60(78)62(80)66(67)92-69-64(82)59(77)57(75)52(90-69)48-86-54(72)43-38-33-29-28-31-36-41-49(4)40-35-30-16-13-10-7-3/h49-52,56-70,74-82H,5-48H2,1-4H3,(H,83,84). The Morgan fingerprint density at radius 3 is 1.15 bits per heavy atom. The fraction of sp³-hybridized carbons (Fsp3) is 0.957. The molecular formula is C69H129O24P. The van der Waals surface area contributed by atoms with Crippen LogP contribution in [0.1, 0.15) is 285 Å². The first-order chi connectivity index (χ1) is 45.2. The fourth-order valence-corrected chi connectivity index (χ4v) is 13.4. The van der Waals surface area contributed by atoms with E-state index < -0.39 is 156 Å². The molecule has 3 aliphatic rings. The molecule has 1 saturated carbocycles. The lowest BCUT2D eigenvalue weighted by Crippen LogP contribution is -2.69. The minimum Gasteiger partial charge on any atom is -0.463 e. The predicted molar refractivity (Wildman–Crippen MR) is 352 cm³/mol. The van der Waals surface area contributed by atoms with Gasteiger partial charge in [-0.05, 0) is 25.2 Å². The number of hydrogen-bond acceptors (Lipinski definition) is 23. The van der Waals surface area contributed by atoms with Crippen molar-refractivity contribution in [2.24, 2.45) is 5.92 Å². The fourth-order valence-electron chi connectivity index (χ4n) is 12.4. The van der Waals surface area contributed by atoms with Crippen LogP contribution in [-0.2, 0) is 61.2 Å². The SMILES string of the molecule is CCCCCCCCCCCCCCC(=O)OCC(COP(=O)(O)OC1C(OC2OC(CO)C(O)C(O)C2O)C(O)C(O)C(O)C1OC1OC(COC(=O)CCCCCCCCC(C)CCCCCCCC)C(O)C(O)C1O)OC(=O)CCCCCCCCCCCCC. The Morgan fingerprint density at radius 2 is 0.745 bits per heavy atom. The van der Waals surface area contributed by atoms with Crippen molar-refractivity contribution in [2.45, 2.75) is 389 Å². The highest BCUT2D eigenvalue weighted by Crippen LogP contribution is 2.49. The molecule has 19 unspecified atom stereocenters. The smallest absolute Gasteiger partial charge is 0.463 e. The van der Waals surface area contributed by atoms with Crippen LogP contribution in [-0.4, -0.2) is 204 Å². The second-order valence-corrected chi connectivity index (χ2v) is 28.3. The van der Waals surface area contributed by atoms with Crippen LogP contribution in [0.3, 0.4) is 0 Å². The van der Waals surface area contributed by atoms with Crippen LogP contribution < -0.4 is 0 Å². The first-order valence-corrected chi connectivity index (χ1v) is 38.2. The molecule has 19 atom stereocenters. The van der Waals surface area contributed by atoms with Gasteiger partial charge in [-0.15, -0.1) is 0 Å². The summed E-state index contributed by atoms with van der Waals surface area (Å²) in [5, 5.41) is 110. The van der Waals surface area contributed by atoms with Gasteiger partial charge in [0.05, 0.1) is 13.2 Å². The lowest BCUT2D eigenvalue weighted by atomic mass is 9.84. The van der Waals surface area contributed by atoms with Crippen molar-refractivity contribution in [2.75, 3.05) is 26.4 Å². The van der Waals surface area contributed by atoms with Crippen LogP contribution in [0.15, 0.2) is 0 Å². The molecule has 2 aliphatic heterocycles. The minimum absolute atomic E-state index is 0.0309. The van der Waals surface area contributed by atoms with Crippen LogP contribution in [0, 0.1) is 5.92 Å². The number of carbonyl (C=O) groups is 3. The van der Waals surface area contributed by atoms with Crippen molar-refractivity contribution in [1.82, 2.24) is 0 Å². The van der Waals surface area contributed by atoms with Gasteiger partial charge in [0.1, 0.15) is 98.7 Å². The number of aliphatic hydroxyl groups is 10. The molecule has 1 aliphatic carbocycles. The van der Waals surface area contributed by atoms with Crippen LogP contribution in [0.2, 0.25) is 0 Å². The van der Waals surface area contributed by atoms with E-state index in [1.807, 2.05) is 0 Å². The molecule has 24 nitrogen and oxygen atoms in total. The van der Waals surface area contributed by atoms with Crippen molar-refractivity contribution in [3.05, 3.63) is 0 Å². The van der Waals surface area contributed by atoms with Gasteiger partial charge in [0.25, 0.3) is 0 Å². The zero-order valence-electron chi connectivity index (χ0n) is 57.7. The molecule has 3 fully saturated rings. The van der Waals surface area contributed by atoms with E-state index in [9.17, 15) is 74.9 Å². The Balaban J connectivity index is 1.74. The van der Waals surface area contributed by atoms with E-state index in [0.717, 1.165) is 96.3 Å². The van der Waals surface area contributed by atoms with E-state index in [1.165, 1.54) is 122 Å². The monoisotopic (exact) mass is 1370 g/mol. The molecule has 0 amide bonds. The Hall–Kier alpha value is -2.04. The normalized spacial score (nSPS) is 28.6. The Bertz CT molecular complexity index is 1980. The average Bonchev–Trinajstić information content (AvgIpc) is 0.764. The second-order valence-electron chi connectivity index (χ2n) is 26.9. The number of phosphoric ester groups is 1. The summed E-state index contributed by atoms with van der Waals surface area (Å²) in [6, 6.07) is 0. The molecule has 0 bridgehead atoms. The van der Waals surface area contributed by atoms with Crippen molar-refractivity contribution in [1.29, 1.82) is 0 Å². The summed E-state index contributed by atoms with van der Waals surface area (Å²) in [4.78, 5) is 50.9. The number of phosphoric acid groups is 1. The third kappa shape index (κ3) is 34.8. The van der Waals surface area contributed by atoms with Gasteiger partial charge in [0.2, 0.25) is 0 Å². The molecule has 0 aromatic heterocycles. The third-order valence-corrected chi connectivity index (χ3v) is 19.5. The molecule has 25 heteroatoms. The number of unbranched alkanes of at least 4 members (excludes halogenated alkanes) is 31. The summed E-state index contributed by atoms with van der Waals surface area (Å²) < 4.78 is 64.9. The maximum Gasteiger partial charge on any atom is 0.472 e. The summed E-state index contributed by atoms with van der Waals surface area (Å²) in [6.45, 7) is 5.74. The van der Waals surface area contributed by atoms with Gasteiger partial charge in [-0.1, -0.05) is 246 Å². The quantitative estimate of drug-likeness (QED) is 0.0117. The number of carbonyl (C=O) groups excluding carboxylic acids is 3. The molecule has 2 saturated heterocycles. The highest BCUT2D eigenvalue weighted by molar-refractivity contribution is 7.47. The number of aliphatic hydroxyl groups excluding tert-OH is 10. The summed E-state index contributed by atoms with van der Waals surface area (Å²) in [7, 11) is -5.69. The molecule has 0 spiro atoms. The molecule has 3 rings (SSSR count). The topological polar surface area (TPSA) is 374 Å². The second kappa shape index (κ2) is 51.2. The van der Waals surface area contributed by atoms with E-state index >= 15 is 0 Å². The van der Waals surface area contributed by atoms with Gasteiger partial charge in [0, 0.05) is 19.3 Å². The zero-order chi connectivity index (χ0) is 69.1. The van der Waals surface area contributed by atoms with Gasteiger partial charge in [-0.2, -0.15) is 0 Å². The molecule has 0 aromatic rings. The maximum absolute atomic E-state index is 14.3. The number of ether oxygens (including phenoxy) is 7. The lowest BCUT2D eigenvalue weighted by molar-refractivity contribution is -0.360. The van der Waals surface area contributed by atoms with Crippen molar-refractivity contribution in [3.8, 4) is 0 Å². The van der Waals surface area contributed by atoms with E-state index in [-0.39, 0.29) is 19.3 Å². The van der Waals surface area contributed by atoms with Crippen LogP contribution in [0.25, 0.3) is 0 Å². The Kier molecular flexibility index (Phi) is 46.9. The molecule has 2 heterocycles. The Labute approximate surface area is 561 Å². The van der Waals surface area contributed by atoms with Gasteiger partial charge in [0.15, 0.2) is 18.7 Å². The highest BCUT2D eigenvalue weighted by atomic mass is 31.2. The Morgan fingerprint density at radius 1 is 0.404 bits per heavy atom. The maximum atomic E-state index is 14.3. The predicted octanol–water partition coefficient (Wildman–Crippen LogP) is 9.26. The first kappa shape index (κ1) is 86.2. The van der Waals surface area contributed by atoms with E-state index in [1.54, 1.807) is 0 Å². The molecular weight excluding hydrogens is 1240 g/mol. The number of esters is 3. The van der Waals surface area contributed by atoms with Crippen molar-refractivity contribution < 1.29 is 117 Å². The summed E-state index contributed by atoms with van der Waals surface area (Å²) in [5.41, 5.74) is 0. The average molecular weight is 1370 g/mol. The van der Waals surface area contributed by atoms with Crippen LogP contribution >= 0.6 is 7.82 Å². The van der Waals surface area contributed by atoms with Crippen LogP contribution in [0.5, 0.6) is 0 Å². The van der Waals surface area contributed by atoms with Gasteiger partial charge in [-0.3, -0.25) is 23.4 Å². The van der Waals surface area contributed by atoms with Gasteiger partial charge in [-0.25, -0.2) is 4.57 Å². The van der Waals surface area contributed by atoms with Gasteiger partial charge < -0.3 is 89.1 Å². The van der Waals surface area contributed by atoms with E-state index in [4.69, 9.17) is 42.2 Å². The molecule has 554 valence electrons. The van der Waals surface area contributed by atoms with E-state index in [0.29, 0.717) is 25.2 Å². The zero-order valence-corrected chi connectivity index (χ0v) is 58.6. The number of rotatable bonds is 56. The third-order valence-electron chi connectivity index (χ3n) is 18.5. The highest BCUT2D eigenvalue weighted by Gasteiger charge is 2.58. The summed E-state index contributed by atoms with van der Waals surface area (Å²) in [6.07, 6.45) is 4.87. The van der Waals surface area contributed by atoms with E-state index in [2.05, 4.69) is 27.7 Å². The summed E-state index contributed by atoms with van der Waals surface area (Å²) >= 11 is 0. The molecule has 11 N–H and O–H groups in total. The lowest BCUT2D eigenvalue weighted by Gasteiger charge is -2.49. The summed E-state index contributed by atoms with van der Waals surface area (Å²) in [5.74, 6) is -1.28.